The van der Waals surface area contributed by atoms with Crippen molar-refractivity contribution >= 4 is 23.1 Å². The van der Waals surface area contributed by atoms with Gasteiger partial charge in [0.15, 0.2) is 17.3 Å². The maximum atomic E-state index is 14.2. The lowest BCUT2D eigenvalue weighted by Gasteiger charge is -2.35. The number of anilines is 1. The number of rotatable bonds is 9. The molecule has 8 heteroatoms. The molecule has 1 aliphatic carbocycles. The number of carbonyl (C=O) groups excluding carboxylic acids is 2. The first-order valence-electron chi connectivity index (χ1n) is 14.6. The summed E-state index contributed by atoms with van der Waals surface area (Å²) in [5.74, 6) is 1.86. The van der Waals surface area contributed by atoms with E-state index < -0.39 is 0 Å². The summed E-state index contributed by atoms with van der Waals surface area (Å²) in [4.78, 5) is 30.9. The standard InChI is InChI=1S/C33H42N2O6/c1-8-10-25-22-17-28(38-6)29(39-7)18-23(22)33(11-12-33)35(25)19-27(36)21-15-24(32(3,4)5)31-26(16-21)34(13-14-41-31)20-30(37)40-9-2/h10,15-18H,8-9,11-14,19-20H2,1-7H3. The summed E-state index contributed by atoms with van der Waals surface area (Å²) in [6, 6.07) is 7.99. The van der Waals surface area contributed by atoms with E-state index in [1.807, 2.05) is 23.1 Å². The molecule has 8 nitrogen and oxygen atoms in total. The molecule has 0 atom stereocenters. The first-order chi connectivity index (χ1) is 19.6. The molecule has 2 aromatic rings. The minimum Gasteiger partial charge on any atom is -0.493 e. The van der Waals surface area contributed by atoms with Crippen LogP contribution in [0.5, 0.6) is 17.2 Å². The Morgan fingerprint density at radius 3 is 2.34 bits per heavy atom. The average Bonchev–Trinajstić information content (AvgIpc) is 3.71. The van der Waals surface area contributed by atoms with Crippen LogP contribution in [0.15, 0.2) is 30.3 Å². The second-order valence-electron chi connectivity index (χ2n) is 12.0. The molecular formula is C33H42N2O6. The Bertz CT molecular complexity index is 1390. The minimum absolute atomic E-state index is 0.0278. The molecule has 0 radical (unpaired) electrons. The number of nitrogens with zero attached hydrogens (tertiary/aromatic N) is 2. The third-order valence-electron chi connectivity index (χ3n) is 8.30. The quantitative estimate of drug-likeness (QED) is 0.285. The fraction of sp³-hybridized carbons (Fsp3) is 0.515. The molecule has 1 spiro atoms. The van der Waals surface area contributed by atoms with Crippen molar-refractivity contribution in [2.24, 2.45) is 0 Å². The fourth-order valence-corrected chi connectivity index (χ4v) is 6.16. The smallest absolute Gasteiger partial charge is 0.325 e. The van der Waals surface area contributed by atoms with Gasteiger partial charge in [-0.25, -0.2) is 0 Å². The fourth-order valence-electron chi connectivity index (χ4n) is 6.16. The van der Waals surface area contributed by atoms with Gasteiger partial charge in [0.2, 0.25) is 0 Å². The molecule has 41 heavy (non-hydrogen) atoms. The lowest BCUT2D eigenvalue weighted by atomic mass is 9.84. The second kappa shape index (κ2) is 11.0. The van der Waals surface area contributed by atoms with Crippen molar-refractivity contribution in [1.29, 1.82) is 0 Å². The number of hydrogen-bond donors (Lipinski definition) is 0. The number of benzene rings is 2. The van der Waals surface area contributed by atoms with Crippen LogP contribution in [-0.4, -0.2) is 63.7 Å². The highest BCUT2D eigenvalue weighted by atomic mass is 16.5. The summed E-state index contributed by atoms with van der Waals surface area (Å²) in [5, 5.41) is 0. The van der Waals surface area contributed by atoms with Crippen LogP contribution >= 0.6 is 0 Å². The Morgan fingerprint density at radius 2 is 1.73 bits per heavy atom. The SMILES string of the molecule is CCC=C1c2cc(OC)c(OC)cc2C2(CC2)N1CC(=O)c1cc2c(c(C(C)(C)C)c1)OCCN2CC(=O)OCC. The third-order valence-corrected chi connectivity index (χ3v) is 8.30. The van der Waals surface area contributed by atoms with E-state index in [1.165, 1.54) is 5.56 Å². The summed E-state index contributed by atoms with van der Waals surface area (Å²) in [7, 11) is 3.30. The van der Waals surface area contributed by atoms with Gasteiger partial charge in [0.05, 0.1) is 45.1 Å². The predicted octanol–water partition coefficient (Wildman–Crippen LogP) is 5.70. The first-order valence-corrected chi connectivity index (χ1v) is 14.6. The van der Waals surface area contributed by atoms with Crippen molar-refractivity contribution in [1.82, 2.24) is 4.90 Å². The van der Waals surface area contributed by atoms with Crippen LogP contribution in [0.3, 0.4) is 0 Å². The molecule has 0 bridgehead atoms. The Balaban J connectivity index is 1.53. The van der Waals surface area contributed by atoms with Gasteiger partial charge in [0.25, 0.3) is 0 Å². The third kappa shape index (κ3) is 5.13. The van der Waals surface area contributed by atoms with Gasteiger partial charge in [-0.15, -0.1) is 0 Å². The van der Waals surface area contributed by atoms with Gasteiger partial charge in [-0.2, -0.15) is 0 Å². The Labute approximate surface area is 243 Å². The normalized spacial score (nSPS) is 17.7. The van der Waals surface area contributed by atoms with Gasteiger partial charge in [-0.1, -0.05) is 33.8 Å². The molecule has 2 heterocycles. The van der Waals surface area contributed by atoms with E-state index in [-0.39, 0.29) is 35.8 Å². The maximum absolute atomic E-state index is 14.2. The minimum atomic E-state index is -0.292. The van der Waals surface area contributed by atoms with Gasteiger partial charge in [-0.3, -0.25) is 9.59 Å². The van der Waals surface area contributed by atoms with Crippen LogP contribution < -0.4 is 19.1 Å². The molecular weight excluding hydrogens is 520 g/mol. The van der Waals surface area contributed by atoms with E-state index in [0.717, 1.165) is 47.5 Å². The summed E-state index contributed by atoms with van der Waals surface area (Å²) < 4.78 is 22.6. The average molecular weight is 563 g/mol. The first kappa shape index (κ1) is 28.8. The number of allylic oxidation sites excluding steroid dienone is 1. The monoisotopic (exact) mass is 562 g/mol. The van der Waals surface area contributed by atoms with E-state index in [9.17, 15) is 9.59 Å². The highest BCUT2D eigenvalue weighted by Gasteiger charge is 2.56. The number of carbonyl (C=O) groups is 2. The molecule has 0 N–H and O–H groups in total. The van der Waals surface area contributed by atoms with E-state index >= 15 is 0 Å². The van der Waals surface area contributed by atoms with E-state index in [2.05, 4.69) is 44.7 Å². The van der Waals surface area contributed by atoms with Gasteiger partial charge >= 0.3 is 5.97 Å². The Morgan fingerprint density at radius 1 is 1.02 bits per heavy atom. The molecule has 1 saturated carbocycles. The van der Waals surface area contributed by atoms with Crippen molar-refractivity contribution in [2.45, 2.75) is 64.8 Å². The van der Waals surface area contributed by atoms with Crippen molar-refractivity contribution in [3.05, 3.63) is 52.6 Å². The van der Waals surface area contributed by atoms with E-state index in [1.54, 1.807) is 21.1 Å². The van der Waals surface area contributed by atoms with E-state index in [0.29, 0.717) is 36.8 Å². The van der Waals surface area contributed by atoms with Crippen LogP contribution in [-0.2, 0) is 20.5 Å². The Kier molecular flexibility index (Phi) is 7.70. The maximum Gasteiger partial charge on any atom is 0.325 e. The molecule has 3 aliphatic rings. The number of methoxy groups -OCH3 is 2. The van der Waals surface area contributed by atoms with Crippen molar-refractivity contribution in [3.63, 3.8) is 0 Å². The van der Waals surface area contributed by atoms with Crippen molar-refractivity contribution < 1.29 is 28.5 Å². The molecule has 5 rings (SSSR count). The lowest BCUT2D eigenvalue weighted by Crippen LogP contribution is -2.38. The molecule has 0 aromatic heterocycles. The summed E-state index contributed by atoms with van der Waals surface area (Å²) in [6.07, 6.45) is 5.00. The second-order valence-corrected chi connectivity index (χ2v) is 12.0. The van der Waals surface area contributed by atoms with Gasteiger partial charge in [-0.05, 0) is 61.4 Å². The molecule has 2 aliphatic heterocycles. The number of Topliss-reactive ketones (excluding diaryl/α,β-unsaturated/α-hetero) is 1. The number of ketones is 1. The summed E-state index contributed by atoms with van der Waals surface area (Å²) in [5.41, 5.74) is 5.21. The van der Waals surface area contributed by atoms with Gasteiger partial charge in [0.1, 0.15) is 18.9 Å². The van der Waals surface area contributed by atoms with Crippen LogP contribution in [0.25, 0.3) is 5.70 Å². The van der Waals surface area contributed by atoms with Crippen molar-refractivity contribution in [3.8, 4) is 17.2 Å². The van der Waals surface area contributed by atoms with Crippen molar-refractivity contribution in [2.75, 3.05) is 52.0 Å². The summed E-state index contributed by atoms with van der Waals surface area (Å²) in [6.45, 7) is 12.0. The number of hydrogen-bond acceptors (Lipinski definition) is 8. The zero-order valence-electron chi connectivity index (χ0n) is 25.4. The van der Waals surface area contributed by atoms with Crippen LogP contribution in [0.4, 0.5) is 5.69 Å². The summed E-state index contributed by atoms with van der Waals surface area (Å²) >= 11 is 0. The lowest BCUT2D eigenvalue weighted by molar-refractivity contribution is -0.141. The molecule has 1 fully saturated rings. The number of fused-ring (bicyclic) bond motifs is 3. The predicted molar refractivity (Wildman–Crippen MR) is 159 cm³/mol. The van der Waals surface area contributed by atoms with E-state index in [4.69, 9.17) is 18.9 Å². The zero-order valence-corrected chi connectivity index (χ0v) is 25.4. The molecule has 0 amide bonds. The van der Waals surface area contributed by atoms with Crippen LogP contribution in [0, 0.1) is 0 Å². The zero-order chi connectivity index (χ0) is 29.5. The topological polar surface area (TPSA) is 77.5 Å². The van der Waals surface area contributed by atoms with Gasteiger partial charge in [0, 0.05) is 22.4 Å². The molecule has 220 valence electrons. The molecule has 2 aromatic carbocycles. The molecule has 0 unspecified atom stereocenters. The highest BCUT2D eigenvalue weighted by Crippen LogP contribution is 2.61. The highest BCUT2D eigenvalue weighted by molar-refractivity contribution is 6.01. The van der Waals surface area contributed by atoms with Crippen LogP contribution in [0.1, 0.15) is 80.9 Å². The number of esters is 1. The van der Waals surface area contributed by atoms with Crippen LogP contribution in [0.2, 0.25) is 0 Å². The van der Waals surface area contributed by atoms with Gasteiger partial charge < -0.3 is 28.7 Å². The Hall–Kier alpha value is -3.68. The molecule has 0 saturated heterocycles. The number of ether oxygens (including phenoxy) is 4. The largest absolute Gasteiger partial charge is 0.493 e.